The van der Waals surface area contributed by atoms with Gasteiger partial charge in [0.25, 0.3) is 15.9 Å². The molecule has 30 heavy (non-hydrogen) atoms. The Balaban J connectivity index is 1.69. The van der Waals surface area contributed by atoms with Crippen molar-refractivity contribution < 1.29 is 13.2 Å². The van der Waals surface area contributed by atoms with E-state index < -0.39 is 10.0 Å². The van der Waals surface area contributed by atoms with Gasteiger partial charge in [-0.25, -0.2) is 8.42 Å². The molecule has 0 saturated heterocycles. The largest absolute Gasteiger partial charge is 0.350 e. The van der Waals surface area contributed by atoms with Crippen molar-refractivity contribution >= 4 is 21.6 Å². The van der Waals surface area contributed by atoms with Crippen LogP contribution in [0, 0.1) is 0 Å². The molecule has 0 aliphatic rings. The molecule has 1 N–H and O–H groups in total. The molecule has 0 fully saturated rings. The maximum absolute atomic E-state index is 13.0. The van der Waals surface area contributed by atoms with Crippen molar-refractivity contribution in [1.82, 2.24) is 5.32 Å². The SMILES string of the molecule is C[C@@H](CCc1ccccc1)NC(=O)c1cccc(S(=O)(=O)N(C)c2ccccc2)c1. The van der Waals surface area contributed by atoms with Crippen LogP contribution >= 0.6 is 0 Å². The number of rotatable bonds is 8. The van der Waals surface area contributed by atoms with Gasteiger partial charge in [0.15, 0.2) is 0 Å². The van der Waals surface area contributed by atoms with Crippen LogP contribution in [0.3, 0.4) is 0 Å². The number of nitrogens with one attached hydrogen (secondary N) is 1. The van der Waals surface area contributed by atoms with E-state index in [1.54, 1.807) is 36.4 Å². The second-order valence-corrected chi connectivity index (χ2v) is 9.20. The van der Waals surface area contributed by atoms with Crippen molar-refractivity contribution in [1.29, 1.82) is 0 Å². The number of amides is 1. The van der Waals surface area contributed by atoms with Crippen LogP contribution in [0.5, 0.6) is 0 Å². The molecular formula is C24H26N2O3S. The number of hydrogen-bond donors (Lipinski definition) is 1. The number of nitrogens with zero attached hydrogens (tertiary/aromatic N) is 1. The Morgan fingerprint density at radius 1 is 0.933 bits per heavy atom. The minimum atomic E-state index is -3.77. The highest BCUT2D eigenvalue weighted by Gasteiger charge is 2.22. The van der Waals surface area contributed by atoms with Crippen molar-refractivity contribution in [3.05, 3.63) is 96.1 Å². The first-order chi connectivity index (χ1) is 14.4. The molecule has 1 amide bonds. The number of para-hydroxylation sites is 1. The third-order valence-corrected chi connectivity index (χ3v) is 6.74. The van der Waals surface area contributed by atoms with Gasteiger partial charge in [-0.1, -0.05) is 54.6 Å². The fraction of sp³-hybridized carbons (Fsp3) is 0.208. The normalized spacial score (nSPS) is 12.2. The Kier molecular flexibility index (Phi) is 6.90. The van der Waals surface area contributed by atoms with Crippen molar-refractivity contribution in [2.45, 2.75) is 30.7 Å². The Morgan fingerprint density at radius 3 is 2.23 bits per heavy atom. The molecule has 156 valence electrons. The molecule has 3 aromatic carbocycles. The Bertz CT molecular complexity index is 1080. The predicted octanol–water partition coefficient (Wildman–Crippen LogP) is 4.26. The van der Waals surface area contributed by atoms with Crippen LogP contribution in [0.15, 0.2) is 89.8 Å². The fourth-order valence-corrected chi connectivity index (χ4v) is 4.38. The first-order valence-corrected chi connectivity index (χ1v) is 11.3. The van der Waals surface area contributed by atoms with Crippen LogP contribution in [-0.2, 0) is 16.4 Å². The summed E-state index contributed by atoms with van der Waals surface area (Å²) in [6.45, 7) is 1.95. The van der Waals surface area contributed by atoms with E-state index in [4.69, 9.17) is 0 Å². The number of sulfonamides is 1. The summed E-state index contributed by atoms with van der Waals surface area (Å²) in [4.78, 5) is 12.7. The number of benzene rings is 3. The lowest BCUT2D eigenvalue weighted by Gasteiger charge is -2.20. The smallest absolute Gasteiger partial charge is 0.264 e. The van der Waals surface area contributed by atoms with Gasteiger partial charge in [0.1, 0.15) is 0 Å². The molecule has 0 spiro atoms. The van der Waals surface area contributed by atoms with E-state index >= 15 is 0 Å². The molecule has 0 unspecified atom stereocenters. The van der Waals surface area contributed by atoms with Gasteiger partial charge in [-0.2, -0.15) is 0 Å². The average molecular weight is 423 g/mol. The Hall–Kier alpha value is -3.12. The number of carbonyl (C=O) groups is 1. The van der Waals surface area contributed by atoms with Gasteiger partial charge in [0.2, 0.25) is 0 Å². The maximum Gasteiger partial charge on any atom is 0.264 e. The topological polar surface area (TPSA) is 66.5 Å². The van der Waals surface area contributed by atoms with E-state index in [2.05, 4.69) is 17.4 Å². The minimum absolute atomic E-state index is 0.0371. The van der Waals surface area contributed by atoms with Gasteiger partial charge in [0.05, 0.1) is 10.6 Å². The van der Waals surface area contributed by atoms with Gasteiger partial charge in [-0.05, 0) is 55.7 Å². The average Bonchev–Trinajstić information content (AvgIpc) is 2.78. The van der Waals surface area contributed by atoms with Crippen LogP contribution < -0.4 is 9.62 Å². The van der Waals surface area contributed by atoms with Crippen molar-refractivity contribution in [3.8, 4) is 0 Å². The van der Waals surface area contributed by atoms with Crippen LogP contribution in [0.4, 0.5) is 5.69 Å². The molecule has 0 heterocycles. The molecule has 1 atom stereocenters. The molecule has 3 aromatic rings. The fourth-order valence-electron chi connectivity index (χ4n) is 3.14. The number of hydrogen-bond acceptors (Lipinski definition) is 3. The van der Waals surface area contributed by atoms with E-state index in [1.807, 2.05) is 31.2 Å². The minimum Gasteiger partial charge on any atom is -0.350 e. The van der Waals surface area contributed by atoms with Crippen molar-refractivity contribution in [2.75, 3.05) is 11.4 Å². The van der Waals surface area contributed by atoms with Crippen LogP contribution in [0.2, 0.25) is 0 Å². The maximum atomic E-state index is 13.0. The lowest BCUT2D eigenvalue weighted by atomic mass is 10.1. The molecule has 0 aliphatic heterocycles. The predicted molar refractivity (Wildman–Crippen MR) is 120 cm³/mol. The molecule has 3 rings (SSSR count). The Labute approximate surface area is 178 Å². The van der Waals surface area contributed by atoms with E-state index in [0.29, 0.717) is 11.3 Å². The summed E-state index contributed by atoms with van der Waals surface area (Å²) in [5.41, 5.74) is 2.10. The third kappa shape index (κ3) is 5.27. The van der Waals surface area contributed by atoms with Crippen molar-refractivity contribution in [3.63, 3.8) is 0 Å². The molecule has 0 aliphatic carbocycles. The molecule has 5 nitrogen and oxygen atoms in total. The van der Waals surface area contributed by atoms with Gasteiger partial charge < -0.3 is 5.32 Å². The monoisotopic (exact) mass is 422 g/mol. The first kappa shape index (κ1) is 21.6. The summed E-state index contributed by atoms with van der Waals surface area (Å²) in [5, 5.41) is 2.96. The number of aryl methyl sites for hydroxylation is 1. The summed E-state index contributed by atoms with van der Waals surface area (Å²) >= 11 is 0. The number of carbonyl (C=O) groups excluding carboxylic acids is 1. The van der Waals surface area contributed by atoms with Gasteiger partial charge in [0, 0.05) is 18.7 Å². The standard InChI is InChI=1S/C24H26N2O3S/c1-19(16-17-20-10-5-3-6-11-20)25-24(27)21-12-9-15-23(18-21)30(28,29)26(2)22-13-7-4-8-14-22/h3-15,18-19H,16-17H2,1-2H3,(H,25,27)/t19-/m0/s1. The van der Waals surface area contributed by atoms with Gasteiger partial charge in [-0.15, -0.1) is 0 Å². The molecule has 0 radical (unpaired) electrons. The Morgan fingerprint density at radius 2 is 1.57 bits per heavy atom. The van der Waals surface area contributed by atoms with Gasteiger partial charge in [-0.3, -0.25) is 9.10 Å². The quantitative estimate of drug-likeness (QED) is 0.590. The highest BCUT2D eigenvalue weighted by atomic mass is 32.2. The summed E-state index contributed by atoms with van der Waals surface area (Å²) in [5.74, 6) is -0.282. The molecule has 0 bridgehead atoms. The zero-order valence-electron chi connectivity index (χ0n) is 17.2. The summed E-state index contributed by atoms with van der Waals surface area (Å²) < 4.78 is 27.2. The highest BCUT2D eigenvalue weighted by molar-refractivity contribution is 7.92. The lowest BCUT2D eigenvalue weighted by Crippen LogP contribution is -2.33. The van der Waals surface area contributed by atoms with Crippen LogP contribution in [-0.4, -0.2) is 27.4 Å². The molecular weight excluding hydrogens is 396 g/mol. The molecule has 0 saturated carbocycles. The van der Waals surface area contributed by atoms with Crippen molar-refractivity contribution in [2.24, 2.45) is 0 Å². The van der Waals surface area contributed by atoms with E-state index in [-0.39, 0.29) is 16.8 Å². The van der Waals surface area contributed by atoms with Crippen LogP contribution in [0.25, 0.3) is 0 Å². The van der Waals surface area contributed by atoms with Crippen LogP contribution in [0.1, 0.15) is 29.3 Å². The van der Waals surface area contributed by atoms with E-state index in [9.17, 15) is 13.2 Å². The summed E-state index contributed by atoms with van der Waals surface area (Å²) in [7, 11) is -2.27. The van der Waals surface area contributed by atoms with E-state index in [0.717, 1.165) is 12.8 Å². The zero-order valence-corrected chi connectivity index (χ0v) is 18.0. The second kappa shape index (κ2) is 9.59. The zero-order chi connectivity index (χ0) is 21.6. The third-order valence-electron chi connectivity index (χ3n) is 4.96. The van der Waals surface area contributed by atoms with Gasteiger partial charge >= 0.3 is 0 Å². The second-order valence-electron chi connectivity index (χ2n) is 7.23. The highest BCUT2D eigenvalue weighted by Crippen LogP contribution is 2.22. The number of anilines is 1. The molecule has 6 heteroatoms. The van der Waals surface area contributed by atoms with E-state index in [1.165, 1.54) is 29.0 Å². The summed E-state index contributed by atoms with van der Waals surface area (Å²) in [6.07, 6.45) is 1.66. The molecule has 0 aromatic heterocycles. The first-order valence-electron chi connectivity index (χ1n) is 9.87. The summed E-state index contributed by atoms with van der Waals surface area (Å²) in [6, 6.07) is 25.0. The lowest BCUT2D eigenvalue weighted by molar-refractivity contribution is 0.0938.